The Morgan fingerprint density at radius 3 is 2.60 bits per heavy atom. The molecule has 0 bridgehead atoms. The Morgan fingerprint density at radius 1 is 1.25 bits per heavy atom. The summed E-state index contributed by atoms with van der Waals surface area (Å²) < 4.78 is 0. The molecule has 0 aromatic heterocycles. The van der Waals surface area contributed by atoms with Gasteiger partial charge in [-0.25, -0.2) is 0 Å². The zero-order valence-corrected chi connectivity index (χ0v) is 10.7. The highest BCUT2D eigenvalue weighted by molar-refractivity contribution is 6.07. The lowest BCUT2D eigenvalue weighted by molar-refractivity contribution is -0.385. The van der Waals surface area contributed by atoms with Crippen molar-refractivity contribution in [1.29, 1.82) is 0 Å². The minimum atomic E-state index is -0.642. The van der Waals surface area contributed by atoms with Crippen molar-refractivity contribution in [3.8, 4) is 5.75 Å². The van der Waals surface area contributed by atoms with Gasteiger partial charge < -0.3 is 10.4 Å². The van der Waals surface area contributed by atoms with Gasteiger partial charge in [0.15, 0.2) is 0 Å². The highest BCUT2D eigenvalue weighted by Crippen LogP contribution is 2.26. The Balaban J connectivity index is 2.31. The van der Waals surface area contributed by atoms with Crippen LogP contribution in [0.1, 0.15) is 15.9 Å². The number of nitrogens with one attached hydrogen (secondary N) is 1. The molecule has 2 N–H and O–H groups in total. The SMILES string of the molecule is Cc1ccc(NC(=O)c2ccccc2[N+](=O)[O-])c(O)c1. The van der Waals surface area contributed by atoms with Crippen LogP contribution in [0.2, 0.25) is 0 Å². The van der Waals surface area contributed by atoms with E-state index in [-0.39, 0.29) is 22.7 Å². The van der Waals surface area contributed by atoms with Gasteiger partial charge in [-0.05, 0) is 30.7 Å². The number of phenols is 1. The van der Waals surface area contributed by atoms with Gasteiger partial charge in [0.2, 0.25) is 0 Å². The number of hydrogen-bond donors (Lipinski definition) is 2. The molecule has 0 fully saturated rings. The van der Waals surface area contributed by atoms with Crippen molar-refractivity contribution in [2.75, 3.05) is 5.32 Å². The molecule has 0 heterocycles. The molecule has 102 valence electrons. The molecule has 0 unspecified atom stereocenters. The van der Waals surface area contributed by atoms with Crippen molar-refractivity contribution in [2.24, 2.45) is 0 Å². The summed E-state index contributed by atoms with van der Waals surface area (Å²) in [4.78, 5) is 22.3. The number of nitrogens with zero attached hydrogens (tertiary/aromatic N) is 1. The van der Waals surface area contributed by atoms with Crippen LogP contribution in [0.25, 0.3) is 0 Å². The molecule has 0 spiro atoms. The fourth-order valence-electron chi connectivity index (χ4n) is 1.76. The van der Waals surface area contributed by atoms with Gasteiger partial charge in [0, 0.05) is 6.07 Å². The molecular formula is C14H12N2O4. The Labute approximate surface area is 114 Å². The summed E-state index contributed by atoms with van der Waals surface area (Å²) >= 11 is 0. The third-order valence-electron chi connectivity index (χ3n) is 2.75. The Bertz CT molecular complexity index is 683. The second kappa shape index (κ2) is 5.40. The van der Waals surface area contributed by atoms with Gasteiger partial charge in [0.1, 0.15) is 11.3 Å². The first-order valence-corrected chi connectivity index (χ1v) is 5.83. The molecule has 2 aromatic rings. The first-order chi connectivity index (χ1) is 9.49. The summed E-state index contributed by atoms with van der Waals surface area (Å²) in [7, 11) is 0. The topological polar surface area (TPSA) is 92.5 Å². The van der Waals surface area contributed by atoms with E-state index in [9.17, 15) is 20.0 Å². The molecule has 0 aliphatic carbocycles. The first kappa shape index (κ1) is 13.5. The molecule has 0 atom stereocenters. The maximum Gasteiger partial charge on any atom is 0.282 e. The number of benzene rings is 2. The Morgan fingerprint density at radius 2 is 1.95 bits per heavy atom. The number of amides is 1. The lowest BCUT2D eigenvalue weighted by atomic mass is 10.1. The molecule has 0 aliphatic heterocycles. The van der Waals surface area contributed by atoms with Gasteiger partial charge in [-0.2, -0.15) is 0 Å². The number of nitro benzene ring substituents is 1. The van der Waals surface area contributed by atoms with E-state index in [0.717, 1.165) is 5.56 Å². The van der Waals surface area contributed by atoms with Crippen molar-refractivity contribution in [3.63, 3.8) is 0 Å². The molecule has 0 radical (unpaired) electrons. The first-order valence-electron chi connectivity index (χ1n) is 5.83. The van der Waals surface area contributed by atoms with E-state index in [4.69, 9.17) is 0 Å². The number of aromatic hydroxyl groups is 1. The molecule has 2 rings (SSSR count). The van der Waals surface area contributed by atoms with Crippen LogP contribution in [0.5, 0.6) is 5.75 Å². The van der Waals surface area contributed by atoms with Crippen LogP contribution in [0.15, 0.2) is 42.5 Å². The minimum absolute atomic E-state index is 0.0579. The summed E-state index contributed by atoms with van der Waals surface area (Å²) in [6.45, 7) is 1.80. The molecule has 0 saturated carbocycles. The molecule has 6 heteroatoms. The van der Waals surface area contributed by atoms with Crippen LogP contribution in [-0.2, 0) is 0 Å². The number of carbonyl (C=O) groups is 1. The van der Waals surface area contributed by atoms with Gasteiger partial charge in [-0.1, -0.05) is 18.2 Å². The monoisotopic (exact) mass is 272 g/mol. The van der Waals surface area contributed by atoms with Crippen LogP contribution in [0.3, 0.4) is 0 Å². The molecule has 20 heavy (non-hydrogen) atoms. The summed E-state index contributed by atoms with van der Waals surface area (Å²) in [5.74, 6) is -0.728. The van der Waals surface area contributed by atoms with Crippen LogP contribution in [0.4, 0.5) is 11.4 Å². The predicted molar refractivity (Wildman–Crippen MR) is 73.9 cm³/mol. The minimum Gasteiger partial charge on any atom is -0.506 e. The maximum atomic E-state index is 12.0. The summed E-state index contributed by atoms with van der Waals surface area (Å²) in [5.41, 5.74) is 0.707. The number of anilines is 1. The third-order valence-corrected chi connectivity index (χ3v) is 2.75. The van der Waals surface area contributed by atoms with E-state index in [1.807, 2.05) is 0 Å². The van der Waals surface area contributed by atoms with Crippen molar-refractivity contribution < 1.29 is 14.8 Å². The Kier molecular flexibility index (Phi) is 3.65. The van der Waals surface area contributed by atoms with Gasteiger partial charge in [-0.15, -0.1) is 0 Å². The summed E-state index contributed by atoms with van der Waals surface area (Å²) in [6.07, 6.45) is 0. The molecule has 1 amide bonds. The van der Waals surface area contributed by atoms with Crippen LogP contribution in [-0.4, -0.2) is 15.9 Å². The molecular weight excluding hydrogens is 260 g/mol. The zero-order chi connectivity index (χ0) is 14.7. The van der Waals surface area contributed by atoms with E-state index in [1.54, 1.807) is 13.0 Å². The molecule has 6 nitrogen and oxygen atoms in total. The fraction of sp³-hybridized carbons (Fsp3) is 0.0714. The third kappa shape index (κ3) is 2.74. The van der Waals surface area contributed by atoms with Crippen molar-refractivity contribution in [1.82, 2.24) is 0 Å². The Hall–Kier alpha value is -2.89. The quantitative estimate of drug-likeness (QED) is 0.510. The number of rotatable bonds is 3. The van der Waals surface area contributed by atoms with Gasteiger partial charge >= 0.3 is 0 Å². The second-order valence-corrected chi connectivity index (χ2v) is 4.25. The largest absolute Gasteiger partial charge is 0.506 e. The molecule has 0 aliphatic rings. The fourth-order valence-corrected chi connectivity index (χ4v) is 1.76. The van der Waals surface area contributed by atoms with E-state index in [0.29, 0.717) is 0 Å². The standard InChI is InChI=1S/C14H12N2O4/c1-9-6-7-11(13(17)8-9)15-14(18)10-4-2-3-5-12(10)16(19)20/h2-8,17H,1H3,(H,15,18). The van der Waals surface area contributed by atoms with E-state index < -0.39 is 10.8 Å². The molecule has 2 aromatic carbocycles. The van der Waals surface area contributed by atoms with E-state index >= 15 is 0 Å². The van der Waals surface area contributed by atoms with Gasteiger partial charge in [0.25, 0.3) is 11.6 Å². The lowest BCUT2D eigenvalue weighted by Crippen LogP contribution is -2.14. The predicted octanol–water partition coefficient (Wildman–Crippen LogP) is 2.86. The zero-order valence-electron chi connectivity index (χ0n) is 10.7. The average molecular weight is 272 g/mol. The van der Waals surface area contributed by atoms with Crippen LogP contribution >= 0.6 is 0 Å². The lowest BCUT2D eigenvalue weighted by Gasteiger charge is -2.08. The van der Waals surface area contributed by atoms with Crippen LogP contribution in [0, 0.1) is 17.0 Å². The van der Waals surface area contributed by atoms with Crippen molar-refractivity contribution in [2.45, 2.75) is 6.92 Å². The second-order valence-electron chi connectivity index (χ2n) is 4.25. The highest BCUT2D eigenvalue weighted by atomic mass is 16.6. The highest BCUT2D eigenvalue weighted by Gasteiger charge is 2.19. The van der Waals surface area contributed by atoms with Crippen LogP contribution < -0.4 is 5.32 Å². The molecule has 0 saturated heterocycles. The number of hydrogen-bond acceptors (Lipinski definition) is 4. The smallest absolute Gasteiger partial charge is 0.282 e. The van der Waals surface area contributed by atoms with E-state index in [1.165, 1.54) is 36.4 Å². The number of nitro groups is 1. The summed E-state index contributed by atoms with van der Waals surface area (Å²) in [6, 6.07) is 10.4. The number of aryl methyl sites for hydroxylation is 1. The van der Waals surface area contributed by atoms with Gasteiger partial charge in [-0.3, -0.25) is 14.9 Å². The normalized spacial score (nSPS) is 10.1. The number of carbonyl (C=O) groups excluding carboxylic acids is 1. The average Bonchev–Trinajstić information content (AvgIpc) is 2.41. The van der Waals surface area contributed by atoms with E-state index in [2.05, 4.69) is 5.32 Å². The number of phenolic OH excluding ortho intramolecular Hbond substituents is 1. The van der Waals surface area contributed by atoms with Crippen molar-refractivity contribution in [3.05, 3.63) is 63.7 Å². The maximum absolute atomic E-state index is 12.0. The van der Waals surface area contributed by atoms with Gasteiger partial charge in [0.05, 0.1) is 10.6 Å². The van der Waals surface area contributed by atoms with Crippen molar-refractivity contribution >= 4 is 17.3 Å². The number of para-hydroxylation sites is 1. The summed E-state index contributed by atoms with van der Waals surface area (Å²) in [5, 5.41) is 23.0.